The topological polar surface area (TPSA) is 84.2 Å². The fourth-order valence-corrected chi connectivity index (χ4v) is 1.49. The van der Waals surface area contributed by atoms with Crippen LogP contribution in [0.2, 0.25) is 0 Å². The van der Waals surface area contributed by atoms with Crippen LogP contribution in [0.1, 0.15) is 41.0 Å². The van der Waals surface area contributed by atoms with E-state index in [2.05, 4.69) is 24.5 Å². The highest BCUT2D eigenvalue weighted by atomic mass is 16.2. The molecule has 0 rings (SSSR count). The van der Waals surface area contributed by atoms with Crippen LogP contribution in [0.5, 0.6) is 0 Å². The molecular weight excluding hydrogens is 230 g/mol. The molecular formula is C13H27N3O2. The van der Waals surface area contributed by atoms with Gasteiger partial charge in [0.25, 0.3) is 0 Å². The number of hydrogen-bond donors (Lipinski definition) is 3. The first-order chi connectivity index (χ1) is 8.16. The number of rotatable bonds is 6. The number of nitrogens with two attached hydrogens (primary N) is 1. The van der Waals surface area contributed by atoms with Gasteiger partial charge >= 0.3 is 0 Å². The molecule has 0 aliphatic carbocycles. The van der Waals surface area contributed by atoms with Crippen LogP contribution in [-0.4, -0.2) is 30.9 Å². The zero-order valence-corrected chi connectivity index (χ0v) is 12.2. The molecule has 0 aromatic rings. The summed E-state index contributed by atoms with van der Waals surface area (Å²) >= 11 is 0. The smallest absolute Gasteiger partial charge is 0.239 e. The van der Waals surface area contributed by atoms with Crippen molar-refractivity contribution in [3.8, 4) is 0 Å². The SMILES string of the molecule is CC(C)CC(CN)NC(=O)CNC(=O)C(C)(C)C. The van der Waals surface area contributed by atoms with E-state index < -0.39 is 5.41 Å². The van der Waals surface area contributed by atoms with E-state index in [0.29, 0.717) is 12.5 Å². The van der Waals surface area contributed by atoms with E-state index in [0.717, 1.165) is 6.42 Å². The lowest BCUT2D eigenvalue weighted by atomic mass is 9.96. The Morgan fingerprint density at radius 3 is 2.17 bits per heavy atom. The summed E-state index contributed by atoms with van der Waals surface area (Å²) < 4.78 is 0. The summed E-state index contributed by atoms with van der Waals surface area (Å²) in [5.41, 5.74) is 5.11. The van der Waals surface area contributed by atoms with Crippen molar-refractivity contribution >= 4 is 11.8 Å². The molecule has 0 saturated heterocycles. The quantitative estimate of drug-likeness (QED) is 0.653. The van der Waals surface area contributed by atoms with Crippen LogP contribution in [0.4, 0.5) is 0 Å². The summed E-state index contributed by atoms with van der Waals surface area (Å²) in [6, 6.07) is -0.0240. The largest absolute Gasteiger partial charge is 0.351 e. The number of hydrogen-bond acceptors (Lipinski definition) is 3. The van der Waals surface area contributed by atoms with Crippen molar-refractivity contribution < 1.29 is 9.59 Å². The number of amides is 2. The third-order valence-corrected chi connectivity index (χ3v) is 2.50. The zero-order chi connectivity index (χ0) is 14.3. The fourth-order valence-electron chi connectivity index (χ4n) is 1.49. The Labute approximate surface area is 110 Å². The van der Waals surface area contributed by atoms with E-state index >= 15 is 0 Å². The molecule has 0 aliphatic rings. The summed E-state index contributed by atoms with van der Waals surface area (Å²) in [4.78, 5) is 23.2. The average Bonchev–Trinajstić information content (AvgIpc) is 2.22. The van der Waals surface area contributed by atoms with E-state index in [1.54, 1.807) is 0 Å². The maximum Gasteiger partial charge on any atom is 0.239 e. The van der Waals surface area contributed by atoms with Gasteiger partial charge in [-0.25, -0.2) is 0 Å². The lowest BCUT2D eigenvalue weighted by Crippen LogP contribution is -2.47. The molecule has 2 amide bonds. The average molecular weight is 257 g/mol. The summed E-state index contributed by atoms with van der Waals surface area (Å²) in [5.74, 6) is 0.150. The normalized spacial score (nSPS) is 13.3. The highest BCUT2D eigenvalue weighted by Crippen LogP contribution is 2.11. The highest BCUT2D eigenvalue weighted by Gasteiger charge is 2.21. The first-order valence-electron chi connectivity index (χ1n) is 6.44. The summed E-state index contributed by atoms with van der Waals surface area (Å²) in [6.07, 6.45) is 0.843. The third kappa shape index (κ3) is 7.27. The van der Waals surface area contributed by atoms with Crippen LogP contribution >= 0.6 is 0 Å². The molecule has 1 atom stereocenters. The molecule has 106 valence electrons. The van der Waals surface area contributed by atoms with Gasteiger partial charge in [-0.2, -0.15) is 0 Å². The van der Waals surface area contributed by atoms with Gasteiger partial charge in [0.1, 0.15) is 0 Å². The maximum absolute atomic E-state index is 11.6. The van der Waals surface area contributed by atoms with E-state index in [1.165, 1.54) is 0 Å². The van der Waals surface area contributed by atoms with E-state index in [4.69, 9.17) is 5.73 Å². The van der Waals surface area contributed by atoms with Crippen molar-refractivity contribution in [1.82, 2.24) is 10.6 Å². The fraction of sp³-hybridized carbons (Fsp3) is 0.846. The van der Waals surface area contributed by atoms with Gasteiger partial charge in [0.15, 0.2) is 0 Å². The predicted molar refractivity (Wildman–Crippen MR) is 72.9 cm³/mol. The minimum absolute atomic E-state index is 0.00466. The minimum Gasteiger partial charge on any atom is -0.351 e. The Kier molecular flexibility index (Phi) is 6.91. The molecule has 0 heterocycles. The molecule has 5 heteroatoms. The standard InChI is InChI=1S/C13H27N3O2/c1-9(2)6-10(7-14)16-11(17)8-15-12(18)13(3,4)5/h9-10H,6-8,14H2,1-5H3,(H,15,18)(H,16,17). The van der Waals surface area contributed by atoms with Crippen molar-refractivity contribution in [2.45, 2.75) is 47.1 Å². The van der Waals surface area contributed by atoms with Crippen molar-refractivity contribution in [1.29, 1.82) is 0 Å². The summed E-state index contributed by atoms with van der Waals surface area (Å²) in [6.45, 7) is 10.00. The first-order valence-corrected chi connectivity index (χ1v) is 6.44. The van der Waals surface area contributed by atoms with Gasteiger partial charge in [-0.05, 0) is 12.3 Å². The summed E-state index contributed by atoms with van der Waals surface area (Å²) in [5, 5.41) is 5.44. The van der Waals surface area contributed by atoms with Gasteiger partial charge in [-0.15, -0.1) is 0 Å². The molecule has 0 aromatic carbocycles. The second kappa shape index (κ2) is 7.36. The molecule has 4 N–H and O–H groups in total. The molecule has 0 fully saturated rings. The minimum atomic E-state index is -0.481. The molecule has 18 heavy (non-hydrogen) atoms. The van der Waals surface area contributed by atoms with Gasteiger partial charge in [0.2, 0.25) is 11.8 Å². The molecule has 1 unspecified atom stereocenters. The zero-order valence-electron chi connectivity index (χ0n) is 12.2. The van der Waals surface area contributed by atoms with Crippen molar-refractivity contribution in [2.24, 2.45) is 17.1 Å². The Balaban J connectivity index is 4.07. The van der Waals surface area contributed by atoms with E-state index in [9.17, 15) is 9.59 Å². The Morgan fingerprint density at radius 2 is 1.78 bits per heavy atom. The first kappa shape index (κ1) is 16.9. The van der Waals surface area contributed by atoms with Crippen molar-refractivity contribution in [3.05, 3.63) is 0 Å². The molecule has 5 nitrogen and oxygen atoms in total. The van der Waals surface area contributed by atoms with Crippen LogP contribution in [-0.2, 0) is 9.59 Å². The molecule has 0 aliphatic heterocycles. The molecule has 0 saturated carbocycles. The van der Waals surface area contributed by atoms with E-state index in [1.807, 2.05) is 20.8 Å². The Hall–Kier alpha value is -1.10. The number of carbonyl (C=O) groups excluding carboxylic acids is 2. The molecule has 0 bridgehead atoms. The van der Waals surface area contributed by atoms with Gasteiger partial charge in [-0.3, -0.25) is 9.59 Å². The lowest BCUT2D eigenvalue weighted by molar-refractivity contribution is -0.131. The van der Waals surface area contributed by atoms with Crippen LogP contribution < -0.4 is 16.4 Å². The van der Waals surface area contributed by atoms with Crippen LogP contribution in [0.15, 0.2) is 0 Å². The predicted octanol–water partition coefficient (Wildman–Crippen LogP) is 0.638. The van der Waals surface area contributed by atoms with Gasteiger partial charge in [0, 0.05) is 18.0 Å². The van der Waals surface area contributed by atoms with Gasteiger partial charge < -0.3 is 16.4 Å². The molecule has 0 spiro atoms. The second-order valence-corrected chi connectivity index (χ2v) is 6.06. The van der Waals surface area contributed by atoms with E-state index in [-0.39, 0.29) is 24.4 Å². The monoisotopic (exact) mass is 257 g/mol. The van der Waals surface area contributed by atoms with Gasteiger partial charge in [0.05, 0.1) is 6.54 Å². The maximum atomic E-state index is 11.6. The Bertz CT molecular complexity index is 282. The lowest BCUT2D eigenvalue weighted by Gasteiger charge is -2.20. The molecule has 0 aromatic heterocycles. The van der Waals surface area contributed by atoms with Crippen LogP contribution in [0.3, 0.4) is 0 Å². The van der Waals surface area contributed by atoms with Gasteiger partial charge in [-0.1, -0.05) is 34.6 Å². The highest BCUT2D eigenvalue weighted by molar-refractivity contribution is 5.87. The van der Waals surface area contributed by atoms with Crippen LogP contribution in [0.25, 0.3) is 0 Å². The van der Waals surface area contributed by atoms with Crippen molar-refractivity contribution in [2.75, 3.05) is 13.1 Å². The summed E-state index contributed by atoms with van der Waals surface area (Å²) in [7, 11) is 0. The number of carbonyl (C=O) groups is 2. The molecule has 0 radical (unpaired) electrons. The van der Waals surface area contributed by atoms with Crippen molar-refractivity contribution in [3.63, 3.8) is 0 Å². The second-order valence-electron chi connectivity index (χ2n) is 6.06. The number of nitrogens with one attached hydrogen (secondary N) is 2. The third-order valence-electron chi connectivity index (χ3n) is 2.50. The Morgan fingerprint density at radius 1 is 1.22 bits per heavy atom. The van der Waals surface area contributed by atoms with Crippen LogP contribution in [0, 0.1) is 11.3 Å².